The van der Waals surface area contributed by atoms with Crippen LogP contribution in [0, 0.1) is 0 Å². The van der Waals surface area contributed by atoms with E-state index in [1.54, 1.807) is 12.3 Å². The standard InChI is InChI=1S/C19H19N3O3/c1-25-16-7-8-18(23)17(11-16)19(24)20-12-14-5-2-3-6-15(14)13-22-10-4-9-21-22/h2-11,23H,12-13H2,1H3,(H,20,24). The Bertz CT molecular complexity index is 860. The van der Waals surface area contributed by atoms with Crippen molar-refractivity contribution in [3.05, 3.63) is 77.6 Å². The summed E-state index contributed by atoms with van der Waals surface area (Å²) in [6.07, 6.45) is 3.62. The van der Waals surface area contributed by atoms with E-state index in [0.29, 0.717) is 18.8 Å². The maximum absolute atomic E-state index is 12.4. The summed E-state index contributed by atoms with van der Waals surface area (Å²) < 4.78 is 6.93. The number of phenols is 1. The Balaban J connectivity index is 1.72. The summed E-state index contributed by atoms with van der Waals surface area (Å²) >= 11 is 0. The molecular formula is C19H19N3O3. The Morgan fingerprint density at radius 2 is 2.00 bits per heavy atom. The smallest absolute Gasteiger partial charge is 0.255 e. The van der Waals surface area contributed by atoms with Crippen molar-refractivity contribution in [2.45, 2.75) is 13.1 Å². The minimum Gasteiger partial charge on any atom is -0.507 e. The van der Waals surface area contributed by atoms with Crippen molar-refractivity contribution in [1.29, 1.82) is 0 Å². The van der Waals surface area contributed by atoms with Crippen LogP contribution in [0.5, 0.6) is 11.5 Å². The highest BCUT2D eigenvalue weighted by Crippen LogP contribution is 2.22. The van der Waals surface area contributed by atoms with Crippen molar-refractivity contribution in [3.8, 4) is 11.5 Å². The number of rotatable bonds is 6. The molecule has 128 valence electrons. The Kier molecular flexibility index (Phi) is 4.99. The van der Waals surface area contributed by atoms with E-state index in [1.807, 2.05) is 41.2 Å². The summed E-state index contributed by atoms with van der Waals surface area (Å²) in [5, 5.41) is 16.9. The minimum absolute atomic E-state index is 0.0804. The summed E-state index contributed by atoms with van der Waals surface area (Å²) in [7, 11) is 1.51. The highest BCUT2D eigenvalue weighted by Gasteiger charge is 2.13. The summed E-state index contributed by atoms with van der Waals surface area (Å²) in [4.78, 5) is 12.4. The van der Waals surface area contributed by atoms with Gasteiger partial charge in [-0.3, -0.25) is 9.48 Å². The van der Waals surface area contributed by atoms with Gasteiger partial charge in [-0.1, -0.05) is 24.3 Å². The van der Waals surface area contributed by atoms with Gasteiger partial charge in [0.1, 0.15) is 11.5 Å². The Hall–Kier alpha value is -3.28. The number of carbonyl (C=O) groups is 1. The van der Waals surface area contributed by atoms with Gasteiger partial charge in [-0.15, -0.1) is 0 Å². The van der Waals surface area contributed by atoms with E-state index in [-0.39, 0.29) is 17.2 Å². The third-order valence-electron chi connectivity index (χ3n) is 3.90. The fraction of sp³-hybridized carbons (Fsp3) is 0.158. The number of phenolic OH excluding ortho intramolecular Hbond substituents is 1. The Morgan fingerprint density at radius 1 is 1.20 bits per heavy atom. The maximum atomic E-state index is 12.4. The van der Waals surface area contributed by atoms with Gasteiger partial charge in [0.15, 0.2) is 0 Å². The number of aromatic hydroxyl groups is 1. The lowest BCUT2D eigenvalue weighted by Gasteiger charge is -2.12. The molecule has 25 heavy (non-hydrogen) atoms. The van der Waals surface area contributed by atoms with Gasteiger partial charge in [0.2, 0.25) is 0 Å². The number of methoxy groups -OCH3 is 1. The average Bonchev–Trinajstić information content (AvgIpc) is 3.14. The fourth-order valence-electron chi connectivity index (χ4n) is 2.55. The molecule has 3 rings (SSSR count). The molecule has 0 radical (unpaired) electrons. The third-order valence-corrected chi connectivity index (χ3v) is 3.90. The second-order valence-electron chi connectivity index (χ2n) is 5.54. The fourth-order valence-corrected chi connectivity index (χ4v) is 2.55. The van der Waals surface area contributed by atoms with E-state index in [0.717, 1.165) is 11.1 Å². The number of nitrogens with one attached hydrogen (secondary N) is 1. The molecule has 0 unspecified atom stereocenters. The van der Waals surface area contributed by atoms with Gasteiger partial charge in [-0.25, -0.2) is 0 Å². The molecule has 2 N–H and O–H groups in total. The van der Waals surface area contributed by atoms with Gasteiger partial charge in [-0.05, 0) is 35.4 Å². The molecule has 1 amide bonds. The highest BCUT2D eigenvalue weighted by atomic mass is 16.5. The molecule has 0 fully saturated rings. The largest absolute Gasteiger partial charge is 0.507 e. The van der Waals surface area contributed by atoms with Crippen LogP contribution in [0.1, 0.15) is 21.5 Å². The Labute approximate surface area is 145 Å². The summed E-state index contributed by atoms with van der Waals surface area (Å²) in [6.45, 7) is 0.983. The summed E-state index contributed by atoms with van der Waals surface area (Å²) in [5.74, 6) is 0.0791. The molecule has 2 aromatic carbocycles. The van der Waals surface area contributed by atoms with Crippen molar-refractivity contribution >= 4 is 5.91 Å². The molecule has 0 saturated heterocycles. The number of hydrogen-bond acceptors (Lipinski definition) is 4. The zero-order valence-electron chi connectivity index (χ0n) is 13.8. The van der Waals surface area contributed by atoms with Gasteiger partial charge < -0.3 is 15.2 Å². The van der Waals surface area contributed by atoms with Gasteiger partial charge in [0.25, 0.3) is 5.91 Å². The van der Waals surface area contributed by atoms with Crippen molar-refractivity contribution in [2.75, 3.05) is 7.11 Å². The van der Waals surface area contributed by atoms with Crippen LogP contribution >= 0.6 is 0 Å². The SMILES string of the molecule is COc1ccc(O)c(C(=O)NCc2ccccc2Cn2cccn2)c1. The van der Waals surface area contributed by atoms with Crippen molar-refractivity contribution in [2.24, 2.45) is 0 Å². The second kappa shape index (κ2) is 7.53. The number of ether oxygens (including phenoxy) is 1. The summed E-state index contributed by atoms with van der Waals surface area (Å²) in [6, 6.07) is 14.3. The molecule has 1 aromatic heterocycles. The lowest BCUT2D eigenvalue weighted by Crippen LogP contribution is -2.23. The first kappa shape index (κ1) is 16.6. The van der Waals surface area contributed by atoms with Crippen molar-refractivity contribution in [3.63, 3.8) is 0 Å². The number of amides is 1. The van der Waals surface area contributed by atoms with Gasteiger partial charge in [-0.2, -0.15) is 5.10 Å². The topological polar surface area (TPSA) is 76.4 Å². The molecule has 0 bridgehead atoms. The molecular weight excluding hydrogens is 318 g/mol. The lowest BCUT2D eigenvalue weighted by atomic mass is 10.1. The van der Waals surface area contributed by atoms with Crippen LogP contribution in [-0.2, 0) is 13.1 Å². The Morgan fingerprint density at radius 3 is 2.72 bits per heavy atom. The number of hydrogen-bond donors (Lipinski definition) is 2. The molecule has 6 heteroatoms. The normalized spacial score (nSPS) is 10.4. The molecule has 0 atom stereocenters. The third kappa shape index (κ3) is 3.98. The number of aromatic nitrogens is 2. The van der Waals surface area contributed by atoms with Crippen molar-refractivity contribution in [1.82, 2.24) is 15.1 Å². The lowest BCUT2D eigenvalue weighted by molar-refractivity contribution is 0.0948. The molecule has 0 spiro atoms. The molecule has 0 saturated carbocycles. The van der Waals surface area contributed by atoms with E-state index >= 15 is 0 Å². The van der Waals surface area contributed by atoms with Crippen LogP contribution in [0.2, 0.25) is 0 Å². The average molecular weight is 337 g/mol. The number of benzene rings is 2. The van der Waals surface area contributed by atoms with E-state index in [4.69, 9.17) is 4.74 Å². The van der Waals surface area contributed by atoms with Crippen LogP contribution in [0.25, 0.3) is 0 Å². The molecule has 1 heterocycles. The maximum Gasteiger partial charge on any atom is 0.255 e. The molecule has 6 nitrogen and oxygen atoms in total. The van der Waals surface area contributed by atoms with Crippen LogP contribution in [0.15, 0.2) is 60.9 Å². The molecule has 3 aromatic rings. The van der Waals surface area contributed by atoms with Crippen molar-refractivity contribution < 1.29 is 14.6 Å². The molecule has 0 aliphatic heterocycles. The number of carbonyl (C=O) groups excluding carboxylic acids is 1. The van der Waals surface area contributed by atoms with E-state index in [9.17, 15) is 9.90 Å². The van der Waals surface area contributed by atoms with E-state index in [2.05, 4.69) is 10.4 Å². The van der Waals surface area contributed by atoms with Gasteiger partial charge in [0, 0.05) is 18.9 Å². The predicted molar refractivity (Wildman–Crippen MR) is 93.6 cm³/mol. The highest BCUT2D eigenvalue weighted by molar-refractivity contribution is 5.97. The zero-order chi connectivity index (χ0) is 17.6. The van der Waals surface area contributed by atoms with Crippen LogP contribution in [-0.4, -0.2) is 27.9 Å². The van der Waals surface area contributed by atoms with Gasteiger partial charge >= 0.3 is 0 Å². The van der Waals surface area contributed by atoms with Gasteiger partial charge in [0.05, 0.1) is 19.2 Å². The van der Waals surface area contributed by atoms with Crippen LogP contribution < -0.4 is 10.1 Å². The first-order chi connectivity index (χ1) is 12.2. The van der Waals surface area contributed by atoms with E-state index < -0.39 is 0 Å². The minimum atomic E-state index is -0.356. The van der Waals surface area contributed by atoms with E-state index in [1.165, 1.54) is 19.2 Å². The van der Waals surface area contributed by atoms with Crippen LogP contribution in [0.4, 0.5) is 0 Å². The first-order valence-electron chi connectivity index (χ1n) is 7.87. The second-order valence-corrected chi connectivity index (χ2v) is 5.54. The predicted octanol–water partition coefficient (Wildman–Crippen LogP) is 2.58. The zero-order valence-corrected chi connectivity index (χ0v) is 13.8. The van der Waals surface area contributed by atoms with Crippen LogP contribution in [0.3, 0.4) is 0 Å². The first-order valence-corrected chi connectivity index (χ1v) is 7.87. The monoisotopic (exact) mass is 337 g/mol. The molecule has 0 aliphatic rings. The quantitative estimate of drug-likeness (QED) is 0.725. The summed E-state index contributed by atoms with van der Waals surface area (Å²) in [5.41, 5.74) is 2.25. The number of nitrogens with zero attached hydrogens (tertiary/aromatic N) is 2. The molecule has 0 aliphatic carbocycles.